The maximum absolute atomic E-state index is 13.0. The van der Waals surface area contributed by atoms with Crippen molar-refractivity contribution in [3.63, 3.8) is 0 Å². The van der Waals surface area contributed by atoms with E-state index in [4.69, 9.17) is 0 Å². The Labute approximate surface area is 188 Å². The zero-order valence-electron chi connectivity index (χ0n) is 16.2. The van der Waals surface area contributed by atoms with E-state index < -0.39 is 23.4 Å². The highest BCUT2D eigenvalue weighted by molar-refractivity contribution is 7.16. The molecule has 32 heavy (non-hydrogen) atoms. The SMILES string of the molecule is O=C(Nc1nnc(CCc2nnc(NC(=O)c3ccc(F)cc3)s2)s1)c1ccc(F)cc1. The van der Waals surface area contributed by atoms with Crippen molar-refractivity contribution in [1.82, 2.24) is 20.4 Å². The number of benzene rings is 2. The Bertz CT molecular complexity index is 1140. The van der Waals surface area contributed by atoms with Gasteiger partial charge in [0.15, 0.2) is 0 Å². The zero-order chi connectivity index (χ0) is 22.5. The lowest BCUT2D eigenvalue weighted by atomic mass is 10.2. The molecule has 0 bridgehead atoms. The van der Waals surface area contributed by atoms with E-state index in [1.807, 2.05) is 0 Å². The molecule has 0 aliphatic rings. The van der Waals surface area contributed by atoms with Gasteiger partial charge in [-0.15, -0.1) is 20.4 Å². The van der Waals surface area contributed by atoms with Gasteiger partial charge in [0.05, 0.1) is 0 Å². The summed E-state index contributed by atoms with van der Waals surface area (Å²) in [5, 5.41) is 23.3. The second-order valence-electron chi connectivity index (χ2n) is 6.42. The molecule has 4 rings (SSSR count). The van der Waals surface area contributed by atoms with Crippen LogP contribution in [0, 0.1) is 11.6 Å². The van der Waals surface area contributed by atoms with Gasteiger partial charge in [-0.05, 0) is 48.5 Å². The molecule has 0 aliphatic heterocycles. The van der Waals surface area contributed by atoms with E-state index in [9.17, 15) is 18.4 Å². The molecule has 0 saturated heterocycles. The number of aromatic nitrogens is 4. The van der Waals surface area contributed by atoms with Crippen LogP contribution in [0.4, 0.5) is 19.0 Å². The number of anilines is 2. The van der Waals surface area contributed by atoms with Gasteiger partial charge >= 0.3 is 0 Å². The van der Waals surface area contributed by atoms with Crippen molar-refractivity contribution in [2.75, 3.05) is 10.6 Å². The molecule has 0 aliphatic carbocycles. The van der Waals surface area contributed by atoms with Gasteiger partial charge in [0, 0.05) is 24.0 Å². The average molecular weight is 473 g/mol. The van der Waals surface area contributed by atoms with E-state index in [0.29, 0.717) is 44.2 Å². The number of hydrogen-bond donors (Lipinski definition) is 2. The summed E-state index contributed by atoms with van der Waals surface area (Å²) in [7, 11) is 0. The van der Waals surface area contributed by atoms with Crippen LogP contribution < -0.4 is 10.6 Å². The third-order valence-corrected chi connectivity index (χ3v) is 5.94. The fraction of sp³-hybridized carbons (Fsp3) is 0.100. The molecule has 2 aromatic heterocycles. The summed E-state index contributed by atoms with van der Waals surface area (Å²) in [6.07, 6.45) is 1.04. The van der Waals surface area contributed by atoms with Crippen LogP contribution in [-0.4, -0.2) is 32.2 Å². The average Bonchev–Trinajstić information content (AvgIpc) is 3.42. The van der Waals surface area contributed by atoms with Crippen LogP contribution in [0.2, 0.25) is 0 Å². The molecule has 4 aromatic rings. The highest BCUT2D eigenvalue weighted by Gasteiger charge is 2.13. The number of halogens is 2. The van der Waals surface area contributed by atoms with Crippen molar-refractivity contribution in [2.24, 2.45) is 0 Å². The largest absolute Gasteiger partial charge is 0.296 e. The van der Waals surface area contributed by atoms with Crippen molar-refractivity contribution in [2.45, 2.75) is 12.8 Å². The van der Waals surface area contributed by atoms with Crippen LogP contribution in [0.1, 0.15) is 30.7 Å². The van der Waals surface area contributed by atoms with Crippen LogP contribution >= 0.6 is 22.7 Å². The quantitative estimate of drug-likeness (QED) is 0.421. The lowest BCUT2D eigenvalue weighted by Gasteiger charge is -2.00. The molecule has 0 spiro atoms. The lowest BCUT2D eigenvalue weighted by molar-refractivity contribution is 0.101. The van der Waals surface area contributed by atoms with Gasteiger partial charge in [-0.1, -0.05) is 22.7 Å². The van der Waals surface area contributed by atoms with Crippen molar-refractivity contribution >= 4 is 44.8 Å². The fourth-order valence-corrected chi connectivity index (χ4v) is 4.03. The summed E-state index contributed by atoms with van der Waals surface area (Å²) in [4.78, 5) is 24.3. The van der Waals surface area contributed by atoms with E-state index in [0.717, 1.165) is 0 Å². The summed E-state index contributed by atoms with van der Waals surface area (Å²) in [6, 6.07) is 10.4. The van der Waals surface area contributed by atoms with E-state index in [-0.39, 0.29) is 0 Å². The van der Waals surface area contributed by atoms with Gasteiger partial charge < -0.3 is 0 Å². The predicted molar refractivity (Wildman–Crippen MR) is 116 cm³/mol. The Hall–Kier alpha value is -3.64. The molecule has 2 aromatic carbocycles. The molecule has 0 atom stereocenters. The summed E-state index contributed by atoms with van der Waals surface area (Å²) in [6.45, 7) is 0. The monoisotopic (exact) mass is 472 g/mol. The number of carbonyl (C=O) groups excluding carboxylic acids is 2. The number of rotatable bonds is 7. The summed E-state index contributed by atoms with van der Waals surface area (Å²) in [5.74, 6) is -1.65. The van der Waals surface area contributed by atoms with Crippen molar-refractivity contribution in [3.8, 4) is 0 Å². The van der Waals surface area contributed by atoms with Crippen molar-refractivity contribution in [3.05, 3.63) is 81.3 Å². The normalized spacial score (nSPS) is 10.7. The van der Waals surface area contributed by atoms with Crippen molar-refractivity contribution < 1.29 is 18.4 Å². The Morgan fingerprint density at radius 3 is 1.41 bits per heavy atom. The van der Waals surface area contributed by atoms with Crippen LogP contribution in [0.3, 0.4) is 0 Å². The molecular weight excluding hydrogens is 458 g/mol. The summed E-state index contributed by atoms with van der Waals surface area (Å²) in [5.41, 5.74) is 0.624. The Morgan fingerprint density at radius 2 is 1.03 bits per heavy atom. The maximum atomic E-state index is 13.0. The zero-order valence-corrected chi connectivity index (χ0v) is 17.8. The minimum absolute atomic E-state index is 0.312. The molecule has 2 N–H and O–H groups in total. The minimum atomic E-state index is -0.422. The molecule has 0 unspecified atom stereocenters. The van der Waals surface area contributed by atoms with Crippen molar-refractivity contribution in [1.29, 1.82) is 0 Å². The predicted octanol–water partition coefficient (Wildman–Crippen LogP) is 3.96. The standard InChI is InChI=1S/C20H14F2N6O2S2/c21-13-5-1-11(2-6-13)17(29)23-19-27-25-15(31-19)9-10-16-26-28-20(32-16)24-18(30)12-3-7-14(22)8-4-12/h1-8H,9-10H2,(H,23,27,29)(H,24,28,30). The molecule has 0 radical (unpaired) electrons. The Kier molecular flexibility index (Phi) is 6.52. The second-order valence-corrected chi connectivity index (χ2v) is 8.55. The highest BCUT2D eigenvalue weighted by atomic mass is 32.1. The molecular formula is C20H14F2N6O2S2. The first-order valence-corrected chi connectivity index (χ1v) is 10.9. The minimum Gasteiger partial charge on any atom is -0.296 e. The van der Waals surface area contributed by atoms with Gasteiger partial charge in [0.25, 0.3) is 11.8 Å². The smallest absolute Gasteiger partial charge is 0.257 e. The van der Waals surface area contributed by atoms with E-state index >= 15 is 0 Å². The molecule has 162 valence electrons. The number of aryl methyl sites for hydroxylation is 2. The number of nitrogens with zero attached hydrogens (tertiary/aromatic N) is 4. The second kappa shape index (κ2) is 9.66. The molecule has 2 amide bonds. The topological polar surface area (TPSA) is 110 Å². The van der Waals surface area contributed by atoms with Gasteiger partial charge in [0.2, 0.25) is 10.3 Å². The number of amides is 2. The molecule has 12 heteroatoms. The van der Waals surface area contributed by atoms with Gasteiger partial charge in [-0.2, -0.15) is 0 Å². The van der Waals surface area contributed by atoms with Crippen LogP contribution in [0.25, 0.3) is 0 Å². The number of nitrogens with one attached hydrogen (secondary N) is 2. The Balaban J connectivity index is 1.29. The molecule has 0 saturated carbocycles. The lowest BCUT2D eigenvalue weighted by Crippen LogP contribution is -2.11. The van der Waals surface area contributed by atoms with Crippen LogP contribution in [0.5, 0.6) is 0 Å². The van der Waals surface area contributed by atoms with E-state index in [1.54, 1.807) is 0 Å². The number of carbonyl (C=O) groups is 2. The van der Waals surface area contributed by atoms with Gasteiger partial charge in [-0.3, -0.25) is 20.2 Å². The summed E-state index contributed by atoms with van der Waals surface area (Å²) < 4.78 is 25.9. The van der Waals surface area contributed by atoms with E-state index in [1.165, 1.54) is 71.2 Å². The maximum Gasteiger partial charge on any atom is 0.257 e. The van der Waals surface area contributed by atoms with Gasteiger partial charge in [-0.25, -0.2) is 8.78 Å². The first-order chi connectivity index (χ1) is 15.5. The first-order valence-electron chi connectivity index (χ1n) is 9.25. The molecule has 8 nitrogen and oxygen atoms in total. The fourth-order valence-electron chi connectivity index (χ4n) is 2.57. The third kappa shape index (κ3) is 5.53. The van der Waals surface area contributed by atoms with Gasteiger partial charge in [0.1, 0.15) is 21.6 Å². The van der Waals surface area contributed by atoms with E-state index in [2.05, 4.69) is 31.0 Å². The highest BCUT2D eigenvalue weighted by Crippen LogP contribution is 2.21. The van der Waals surface area contributed by atoms with Crippen LogP contribution in [-0.2, 0) is 12.8 Å². The van der Waals surface area contributed by atoms with Crippen LogP contribution in [0.15, 0.2) is 48.5 Å². The summed E-state index contributed by atoms with van der Waals surface area (Å²) >= 11 is 2.44. The molecule has 2 heterocycles. The number of hydrogen-bond acceptors (Lipinski definition) is 8. The molecule has 0 fully saturated rings. The first kappa shape index (κ1) is 21.6. The Morgan fingerprint density at radius 1 is 0.656 bits per heavy atom. The third-order valence-electron chi connectivity index (χ3n) is 4.14.